The Balaban J connectivity index is 1.85. The van der Waals surface area contributed by atoms with Gasteiger partial charge in [-0.05, 0) is 58.4 Å². The first-order valence-electron chi connectivity index (χ1n) is 12.7. The summed E-state index contributed by atoms with van der Waals surface area (Å²) in [6, 6.07) is 25.2. The molecule has 1 aliphatic rings. The molecule has 0 radical (unpaired) electrons. The lowest BCUT2D eigenvalue weighted by molar-refractivity contribution is 0.402. The summed E-state index contributed by atoms with van der Waals surface area (Å²) in [6.45, 7) is 4.62. The van der Waals surface area contributed by atoms with Crippen LogP contribution in [0.4, 0.5) is 0 Å². The van der Waals surface area contributed by atoms with E-state index in [9.17, 15) is 0 Å². The number of halogens is 1. The van der Waals surface area contributed by atoms with Crippen molar-refractivity contribution < 1.29 is 0 Å². The highest BCUT2D eigenvalue weighted by molar-refractivity contribution is 9.10. The Morgan fingerprint density at radius 2 is 1.19 bits per heavy atom. The minimum Gasteiger partial charge on any atom is -0.0654 e. The first-order chi connectivity index (χ1) is 15.7. The third kappa shape index (κ3) is 4.60. The highest BCUT2D eigenvalue weighted by atomic mass is 79.9. The van der Waals surface area contributed by atoms with E-state index in [0.29, 0.717) is 0 Å². The SMILES string of the molecule is CCCCCCC1(CCCCCC)c2ccccc2-c2cccc(-c3ccc(Br)cc3)c21. The maximum atomic E-state index is 3.62. The van der Waals surface area contributed by atoms with Crippen LogP contribution in [0.3, 0.4) is 0 Å². The van der Waals surface area contributed by atoms with Crippen LogP contribution >= 0.6 is 15.9 Å². The zero-order valence-corrected chi connectivity index (χ0v) is 21.4. The molecule has 0 atom stereocenters. The molecule has 0 fully saturated rings. The van der Waals surface area contributed by atoms with Crippen LogP contribution in [0.5, 0.6) is 0 Å². The van der Waals surface area contributed by atoms with E-state index >= 15 is 0 Å². The summed E-state index contributed by atoms with van der Waals surface area (Å²) in [5.41, 5.74) is 9.00. The average Bonchev–Trinajstić information content (AvgIpc) is 3.11. The van der Waals surface area contributed by atoms with Gasteiger partial charge >= 0.3 is 0 Å². The standard InChI is InChI=1S/C31H37Br/c1-3-5-7-11-22-31(23-12-8-6-4-2)29-17-10-9-14-27(29)28-16-13-15-26(30(28)31)24-18-20-25(32)21-19-24/h9-10,13-21H,3-8,11-12,22-23H2,1-2H3. The summed E-state index contributed by atoms with van der Waals surface area (Å²) < 4.78 is 1.14. The lowest BCUT2D eigenvalue weighted by Gasteiger charge is -2.34. The van der Waals surface area contributed by atoms with E-state index in [1.165, 1.54) is 86.5 Å². The highest BCUT2D eigenvalue weighted by Crippen LogP contribution is 2.56. The Bertz CT molecular complexity index is 1000. The van der Waals surface area contributed by atoms with Crippen molar-refractivity contribution in [2.24, 2.45) is 0 Å². The third-order valence-corrected chi connectivity index (χ3v) is 7.87. The molecule has 4 rings (SSSR count). The fourth-order valence-electron chi connectivity index (χ4n) is 5.78. The molecule has 0 aliphatic heterocycles. The Hall–Kier alpha value is -1.86. The van der Waals surface area contributed by atoms with Gasteiger partial charge in [-0.15, -0.1) is 0 Å². The minimum absolute atomic E-state index is 0.136. The van der Waals surface area contributed by atoms with Crippen molar-refractivity contribution in [2.45, 2.75) is 83.5 Å². The Morgan fingerprint density at radius 1 is 0.594 bits per heavy atom. The first-order valence-corrected chi connectivity index (χ1v) is 13.5. The fraction of sp³-hybridized carbons (Fsp3) is 0.419. The molecule has 0 bridgehead atoms. The predicted octanol–water partition coefficient (Wildman–Crippen LogP) is 10.3. The summed E-state index contributed by atoms with van der Waals surface area (Å²) in [5, 5.41) is 0. The molecule has 0 spiro atoms. The quantitative estimate of drug-likeness (QED) is 0.235. The van der Waals surface area contributed by atoms with Crippen molar-refractivity contribution in [1.82, 2.24) is 0 Å². The summed E-state index contributed by atoms with van der Waals surface area (Å²) in [7, 11) is 0. The Morgan fingerprint density at radius 3 is 1.84 bits per heavy atom. The minimum atomic E-state index is 0.136. The Labute approximate surface area is 203 Å². The van der Waals surface area contributed by atoms with Gasteiger partial charge in [-0.3, -0.25) is 0 Å². The molecule has 1 heteroatoms. The van der Waals surface area contributed by atoms with Gasteiger partial charge in [-0.2, -0.15) is 0 Å². The monoisotopic (exact) mass is 488 g/mol. The van der Waals surface area contributed by atoms with Gasteiger partial charge < -0.3 is 0 Å². The van der Waals surface area contributed by atoms with Crippen molar-refractivity contribution in [3.05, 3.63) is 82.3 Å². The summed E-state index contributed by atoms with van der Waals surface area (Å²) in [4.78, 5) is 0. The number of hydrogen-bond acceptors (Lipinski definition) is 0. The van der Waals surface area contributed by atoms with Crippen molar-refractivity contribution >= 4 is 15.9 Å². The van der Waals surface area contributed by atoms with Crippen LogP contribution in [0.1, 0.15) is 89.2 Å². The summed E-state index contributed by atoms with van der Waals surface area (Å²) in [6.07, 6.45) is 13.1. The predicted molar refractivity (Wildman–Crippen MR) is 143 cm³/mol. The van der Waals surface area contributed by atoms with E-state index in [1.54, 1.807) is 11.1 Å². The number of benzene rings is 3. The molecule has 3 aromatic carbocycles. The van der Waals surface area contributed by atoms with Crippen molar-refractivity contribution in [3.8, 4) is 22.3 Å². The molecule has 0 amide bonds. The van der Waals surface area contributed by atoms with E-state index in [2.05, 4.69) is 96.5 Å². The molecule has 32 heavy (non-hydrogen) atoms. The lowest BCUT2D eigenvalue weighted by Crippen LogP contribution is -2.26. The van der Waals surface area contributed by atoms with Gasteiger partial charge in [-0.1, -0.05) is 136 Å². The molecular formula is C31H37Br. The van der Waals surface area contributed by atoms with Gasteiger partial charge in [0.25, 0.3) is 0 Å². The van der Waals surface area contributed by atoms with Crippen LogP contribution in [-0.2, 0) is 5.41 Å². The molecule has 0 heterocycles. The Kier molecular flexibility index (Phi) is 7.89. The normalized spacial score (nSPS) is 13.7. The van der Waals surface area contributed by atoms with Crippen LogP contribution in [0.25, 0.3) is 22.3 Å². The van der Waals surface area contributed by atoms with Crippen LogP contribution in [0, 0.1) is 0 Å². The van der Waals surface area contributed by atoms with E-state index < -0.39 is 0 Å². The lowest BCUT2D eigenvalue weighted by atomic mass is 9.69. The average molecular weight is 490 g/mol. The summed E-state index contributed by atoms with van der Waals surface area (Å²) >= 11 is 3.62. The van der Waals surface area contributed by atoms with Gasteiger partial charge in [0.15, 0.2) is 0 Å². The van der Waals surface area contributed by atoms with Gasteiger partial charge in [-0.25, -0.2) is 0 Å². The number of hydrogen-bond donors (Lipinski definition) is 0. The molecule has 0 nitrogen and oxygen atoms in total. The number of unbranched alkanes of at least 4 members (excludes halogenated alkanes) is 6. The van der Waals surface area contributed by atoms with E-state index in [0.717, 1.165) is 4.47 Å². The second-order valence-electron chi connectivity index (χ2n) is 9.48. The van der Waals surface area contributed by atoms with Crippen LogP contribution < -0.4 is 0 Å². The molecular weight excluding hydrogens is 452 g/mol. The zero-order valence-electron chi connectivity index (χ0n) is 19.8. The van der Waals surface area contributed by atoms with Gasteiger partial charge in [0.05, 0.1) is 0 Å². The molecule has 1 aliphatic carbocycles. The van der Waals surface area contributed by atoms with Gasteiger partial charge in [0, 0.05) is 9.89 Å². The van der Waals surface area contributed by atoms with E-state index in [1.807, 2.05) is 0 Å². The van der Waals surface area contributed by atoms with Crippen molar-refractivity contribution in [1.29, 1.82) is 0 Å². The summed E-state index contributed by atoms with van der Waals surface area (Å²) in [5.74, 6) is 0. The first kappa shape index (κ1) is 23.3. The topological polar surface area (TPSA) is 0 Å². The van der Waals surface area contributed by atoms with Crippen LogP contribution in [0.15, 0.2) is 71.2 Å². The van der Waals surface area contributed by atoms with Crippen molar-refractivity contribution in [2.75, 3.05) is 0 Å². The second-order valence-corrected chi connectivity index (χ2v) is 10.4. The fourth-order valence-corrected chi connectivity index (χ4v) is 6.05. The number of rotatable bonds is 11. The van der Waals surface area contributed by atoms with E-state index in [-0.39, 0.29) is 5.41 Å². The highest BCUT2D eigenvalue weighted by Gasteiger charge is 2.43. The molecule has 0 unspecified atom stereocenters. The molecule has 0 N–H and O–H groups in total. The van der Waals surface area contributed by atoms with Crippen LogP contribution in [0.2, 0.25) is 0 Å². The maximum absolute atomic E-state index is 3.62. The molecule has 168 valence electrons. The van der Waals surface area contributed by atoms with Gasteiger partial charge in [0.1, 0.15) is 0 Å². The second kappa shape index (κ2) is 10.8. The van der Waals surface area contributed by atoms with E-state index in [4.69, 9.17) is 0 Å². The molecule has 0 saturated carbocycles. The van der Waals surface area contributed by atoms with Crippen LogP contribution in [-0.4, -0.2) is 0 Å². The molecule has 3 aromatic rings. The molecule has 0 aromatic heterocycles. The molecule has 0 saturated heterocycles. The largest absolute Gasteiger partial charge is 0.0654 e. The van der Waals surface area contributed by atoms with Crippen molar-refractivity contribution in [3.63, 3.8) is 0 Å². The zero-order chi connectivity index (χ0) is 22.4. The number of fused-ring (bicyclic) bond motifs is 3. The third-order valence-electron chi connectivity index (χ3n) is 7.35. The maximum Gasteiger partial charge on any atom is 0.0221 e. The van der Waals surface area contributed by atoms with Gasteiger partial charge in [0.2, 0.25) is 0 Å². The smallest absolute Gasteiger partial charge is 0.0221 e.